The highest BCUT2D eigenvalue weighted by molar-refractivity contribution is 8.01. The number of nitrogens with zero attached hydrogens (tertiary/aromatic N) is 4. The summed E-state index contributed by atoms with van der Waals surface area (Å²) in [6.07, 6.45) is 4.60. The lowest BCUT2D eigenvalue weighted by molar-refractivity contribution is 0.194. The van der Waals surface area contributed by atoms with Gasteiger partial charge in [0.05, 0.1) is 11.9 Å². The van der Waals surface area contributed by atoms with E-state index in [2.05, 4.69) is 19.9 Å². The lowest BCUT2D eigenvalue weighted by atomic mass is 9.93. The summed E-state index contributed by atoms with van der Waals surface area (Å²) < 4.78 is 11.4. The number of hydrogen-bond acceptors (Lipinski definition) is 7. The van der Waals surface area contributed by atoms with E-state index in [-0.39, 0.29) is 10.9 Å². The molecule has 0 bridgehead atoms. The fourth-order valence-corrected chi connectivity index (χ4v) is 4.64. The summed E-state index contributed by atoms with van der Waals surface area (Å²) in [5.74, 6) is 3.26. The van der Waals surface area contributed by atoms with Gasteiger partial charge in [-0.25, -0.2) is 15.0 Å². The van der Waals surface area contributed by atoms with Crippen LogP contribution in [0.4, 0.5) is 5.82 Å². The Hall–Kier alpha value is -2.02. The van der Waals surface area contributed by atoms with E-state index in [9.17, 15) is 0 Å². The second-order valence-electron chi connectivity index (χ2n) is 5.88. The van der Waals surface area contributed by atoms with Gasteiger partial charge in [0.1, 0.15) is 18.2 Å². The van der Waals surface area contributed by atoms with E-state index in [0.29, 0.717) is 11.8 Å². The molecular formula is C16H18N4O2S. The lowest BCUT2D eigenvalue weighted by Gasteiger charge is -2.48. The highest BCUT2D eigenvalue weighted by Gasteiger charge is 2.50. The summed E-state index contributed by atoms with van der Waals surface area (Å²) in [6.45, 7) is 1.97. The summed E-state index contributed by atoms with van der Waals surface area (Å²) >= 11 is 2.00. The van der Waals surface area contributed by atoms with E-state index < -0.39 is 0 Å². The number of methoxy groups -OCH3 is 1. The van der Waals surface area contributed by atoms with E-state index >= 15 is 0 Å². The minimum atomic E-state index is 0.233. The van der Waals surface area contributed by atoms with E-state index in [4.69, 9.17) is 9.47 Å². The van der Waals surface area contributed by atoms with Crippen molar-refractivity contribution < 1.29 is 9.47 Å². The Morgan fingerprint density at radius 2 is 2.13 bits per heavy atom. The summed E-state index contributed by atoms with van der Waals surface area (Å²) in [5, 5.41) is 0. The normalized spacial score (nSPS) is 22.0. The minimum Gasteiger partial charge on any atom is -0.481 e. The van der Waals surface area contributed by atoms with Gasteiger partial charge in [0, 0.05) is 43.6 Å². The smallest absolute Gasteiger partial charge is 0.218 e. The predicted octanol–water partition coefficient (Wildman–Crippen LogP) is 2.02. The van der Waals surface area contributed by atoms with Gasteiger partial charge < -0.3 is 14.4 Å². The molecular weight excluding hydrogens is 312 g/mol. The molecule has 2 aromatic rings. The molecule has 6 nitrogen and oxygen atoms in total. The number of hydrogen-bond donors (Lipinski definition) is 0. The second-order valence-corrected chi connectivity index (χ2v) is 7.37. The van der Waals surface area contributed by atoms with Gasteiger partial charge >= 0.3 is 0 Å². The Balaban J connectivity index is 1.36. The molecule has 0 N–H and O–H groups in total. The van der Waals surface area contributed by atoms with Gasteiger partial charge in [-0.3, -0.25) is 0 Å². The van der Waals surface area contributed by atoms with Crippen molar-refractivity contribution in [2.24, 2.45) is 0 Å². The summed E-state index contributed by atoms with van der Waals surface area (Å²) in [7, 11) is 1.62. The zero-order chi connectivity index (χ0) is 15.7. The van der Waals surface area contributed by atoms with Gasteiger partial charge in [-0.2, -0.15) is 0 Å². The fourth-order valence-electron chi connectivity index (χ4n) is 3.11. The third-order valence-electron chi connectivity index (χ3n) is 4.22. The zero-order valence-electron chi connectivity index (χ0n) is 12.9. The average molecular weight is 330 g/mol. The second kappa shape index (κ2) is 5.88. The number of anilines is 1. The molecule has 2 aliphatic rings. The standard InChI is InChI=1S/C16H18N4O2S/c1-21-15-6-13(18-11-19-15)20-9-16(10-20)7-12(8-23-16)22-14-4-2-3-5-17-14/h2-6,11-12H,7-10H2,1H3/t12-/m0/s1. The maximum atomic E-state index is 5.99. The molecule has 4 rings (SSSR count). The molecule has 1 atom stereocenters. The molecule has 7 heteroatoms. The van der Waals surface area contributed by atoms with Crippen LogP contribution in [-0.4, -0.2) is 51.8 Å². The van der Waals surface area contributed by atoms with Gasteiger partial charge in [0.2, 0.25) is 11.8 Å². The predicted molar refractivity (Wildman–Crippen MR) is 89.3 cm³/mol. The van der Waals surface area contributed by atoms with Crippen LogP contribution in [0.15, 0.2) is 36.8 Å². The van der Waals surface area contributed by atoms with Gasteiger partial charge in [-0.15, -0.1) is 11.8 Å². The van der Waals surface area contributed by atoms with Crippen LogP contribution in [0.5, 0.6) is 11.8 Å². The van der Waals surface area contributed by atoms with Crippen LogP contribution in [0.3, 0.4) is 0 Å². The Kier molecular flexibility index (Phi) is 3.72. The van der Waals surface area contributed by atoms with Crippen LogP contribution in [0.25, 0.3) is 0 Å². The Labute approximate surface area is 139 Å². The first-order chi connectivity index (χ1) is 11.3. The number of rotatable bonds is 4. The first kappa shape index (κ1) is 14.6. The highest BCUT2D eigenvalue weighted by Crippen LogP contribution is 2.47. The molecule has 0 aromatic carbocycles. The molecule has 0 radical (unpaired) electrons. The zero-order valence-corrected chi connectivity index (χ0v) is 13.7. The quantitative estimate of drug-likeness (QED) is 0.850. The molecule has 120 valence electrons. The summed E-state index contributed by atoms with van der Waals surface area (Å²) in [6, 6.07) is 7.65. The molecule has 0 amide bonds. The number of aromatic nitrogens is 3. The molecule has 2 fully saturated rings. The summed E-state index contributed by atoms with van der Waals surface area (Å²) in [5.41, 5.74) is 0. The molecule has 4 heterocycles. The first-order valence-corrected chi connectivity index (χ1v) is 8.58. The first-order valence-electron chi connectivity index (χ1n) is 7.59. The van der Waals surface area contributed by atoms with Crippen LogP contribution < -0.4 is 14.4 Å². The maximum Gasteiger partial charge on any atom is 0.218 e. The van der Waals surface area contributed by atoms with Crippen molar-refractivity contribution in [2.75, 3.05) is 30.9 Å². The molecule has 0 aliphatic carbocycles. The van der Waals surface area contributed by atoms with E-state index in [0.717, 1.165) is 31.1 Å². The van der Waals surface area contributed by atoms with E-state index in [1.54, 1.807) is 19.6 Å². The number of ether oxygens (including phenoxy) is 2. The monoisotopic (exact) mass is 330 g/mol. The Bertz CT molecular complexity index is 679. The lowest BCUT2D eigenvalue weighted by Crippen LogP contribution is -2.59. The maximum absolute atomic E-state index is 5.99. The van der Waals surface area contributed by atoms with Crippen molar-refractivity contribution in [1.29, 1.82) is 0 Å². The number of pyridine rings is 1. The molecule has 0 saturated carbocycles. The van der Waals surface area contributed by atoms with Crippen LogP contribution in [-0.2, 0) is 0 Å². The highest BCUT2D eigenvalue weighted by atomic mass is 32.2. The van der Waals surface area contributed by atoms with Crippen LogP contribution in [0.1, 0.15) is 6.42 Å². The molecule has 2 aliphatic heterocycles. The molecule has 23 heavy (non-hydrogen) atoms. The fraction of sp³-hybridized carbons (Fsp3) is 0.438. The van der Waals surface area contributed by atoms with Gasteiger partial charge in [-0.1, -0.05) is 6.07 Å². The third kappa shape index (κ3) is 2.93. The topological polar surface area (TPSA) is 60.4 Å². The van der Waals surface area contributed by atoms with Crippen molar-refractivity contribution in [3.05, 3.63) is 36.8 Å². The molecule has 2 aromatic heterocycles. The Morgan fingerprint density at radius 3 is 2.91 bits per heavy atom. The van der Waals surface area contributed by atoms with Gasteiger partial charge in [-0.05, 0) is 6.07 Å². The van der Waals surface area contributed by atoms with E-state index in [1.807, 2.05) is 36.0 Å². The third-order valence-corrected chi connectivity index (χ3v) is 5.79. The summed E-state index contributed by atoms with van der Waals surface area (Å²) in [4.78, 5) is 14.9. The van der Waals surface area contributed by atoms with Crippen LogP contribution in [0.2, 0.25) is 0 Å². The molecule has 2 saturated heterocycles. The Morgan fingerprint density at radius 1 is 1.22 bits per heavy atom. The molecule has 1 spiro atoms. The van der Waals surface area contributed by atoms with Crippen LogP contribution in [0, 0.1) is 0 Å². The van der Waals surface area contributed by atoms with Crippen molar-refractivity contribution in [3.63, 3.8) is 0 Å². The minimum absolute atomic E-state index is 0.233. The average Bonchev–Trinajstić information content (AvgIpc) is 2.99. The van der Waals surface area contributed by atoms with E-state index in [1.165, 1.54) is 0 Å². The largest absolute Gasteiger partial charge is 0.481 e. The van der Waals surface area contributed by atoms with Gasteiger partial charge in [0.15, 0.2) is 0 Å². The van der Waals surface area contributed by atoms with Crippen molar-refractivity contribution >= 4 is 17.6 Å². The number of thioether (sulfide) groups is 1. The van der Waals surface area contributed by atoms with Crippen LogP contribution >= 0.6 is 11.8 Å². The van der Waals surface area contributed by atoms with Gasteiger partial charge in [0.25, 0.3) is 0 Å². The molecule has 0 unspecified atom stereocenters. The SMILES string of the molecule is COc1cc(N2CC3(C[C@H](Oc4ccccn4)CS3)C2)ncn1. The van der Waals surface area contributed by atoms with Crippen molar-refractivity contribution in [1.82, 2.24) is 15.0 Å². The van der Waals surface area contributed by atoms with Crippen molar-refractivity contribution in [3.8, 4) is 11.8 Å². The van der Waals surface area contributed by atoms with Crippen molar-refractivity contribution in [2.45, 2.75) is 17.3 Å².